The summed E-state index contributed by atoms with van der Waals surface area (Å²) < 4.78 is 3.80. The molecule has 0 radical (unpaired) electrons. The van der Waals surface area contributed by atoms with Crippen molar-refractivity contribution in [3.05, 3.63) is 6.33 Å². The average Bonchev–Trinajstić information content (AvgIpc) is 2.55. The molecule has 1 rings (SSSR count). The second kappa shape index (κ2) is 4.18. The van der Waals surface area contributed by atoms with E-state index in [-0.39, 0.29) is 6.04 Å². The molecule has 0 amide bonds. The number of aromatic nitrogens is 2. The minimum absolute atomic E-state index is 0.148. The van der Waals surface area contributed by atoms with Gasteiger partial charge in [0.15, 0.2) is 0 Å². The summed E-state index contributed by atoms with van der Waals surface area (Å²) in [6, 6.07) is -0.148. The molecule has 0 aliphatic carbocycles. The van der Waals surface area contributed by atoms with E-state index in [4.69, 9.17) is 5.11 Å². The zero-order chi connectivity index (χ0) is 9.84. The van der Waals surface area contributed by atoms with Gasteiger partial charge < -0.3 is 10.4 Å². The number of aliphatic carboxylic acids is 1. The molecule has 72 valence electrons. The van der Waals surface area contributed by atoms with E-state index in [9.17, 15) is 4.79 Å². The molecule has 0 fully saturated rings. The molecule has 0 bridgehead atoms. The summed E-state index contributed by atoms with van der Waals surface area (Å²) >= 11 is 1.22. The number of carboxylic acid groups (broad SMARTS) is 1. The van der Waals surface area contributed by atoms with E-state index in [0.717, 1.165) is 0 Å². The Morgan fingerprint density at radius 2 is 2.38 bits per heavy atom. The van der Waals surface area contributed by atoms with E-state index in [0.29, 0.717) is 5.13 Å². The van der Waals surface area contributed by atoms with Crippen LogP contribution in [0.1, 0.15) is 13.8 Å². The number of nitrogens with one attached hydrogen (secondary N) is 1. The van der Waals surface area contributed by atoms with Crippen molar-refractivity contribution in [2.45, 2.75) is 19.9 Å². The van der Waals surface area contributed by atoms with E-state index < -0.39 is 11.9 Å². The van der Waals surface area contributed by atoms with E-state index in [1.54, 1.807) is 13.8 Å². The first kappa shape index (κ1) is 9.91. The fraction of sp³-hybridized carbons (Fsp3) is 0.571. The summed E-state index contributed by atoms with van der Waals surface area (Å²) in [7, 11) is 0. The van der Waals surface area contributed by atoms with Crippen LogP contribution < -0.4 is 5.32 Å². The lowest BCUT2D eigenvalue weighted by Gasteiger charge is -2.16. The molecule has 2 atom stereocenters. The Kier molecular flexibility index (Phi) is 3.18. The van der Waals surface area contributed by atoms with Gasteiger partial charge in [-0.1, -0.05) is 0 Å². The first-order chi connectivity index (χ1) is 6.11. The summed E-state index contributed by atoms with van der Waals surface area (Å²) in [5.74, 6) is -1.26. The Labute approximate surface area is 80.0 Å². The predicted molar refractivity (Wildman–Crippen MR) is 49.8 cm³/mol. The van der Waals surface area contributed by atoms with Crippen LogP contribution in [0.2, 0.25) is 0 Å². The number of carboxylic acids is 1. The molecule has 5 nitrogen and oxygen atoms in total. The standard InChI is InChI=1S/C7H11N3O2S/c1-4(6(11)12)5(2)10-7-8-3-9-13-7/h3-5H,1-2H3,(H,11,12)(H,8,9,10). The number of rotatable bonds is 4. The highest BCUT2D eigenvalue weighted by molar-refractivity contribution is 7.09. The molecule has 0 saturated carbocycles. The molecular weight excluding hydrogens is 190 g/mol. The normalized spacial score (nSPS) is 14.9. The van der Waals surface area contributed by atoms with Crippen LogP contribution in [0.25, 0.3) is 0 Å². The Bertz CT molecular complexity index is 275. The molecule has 6 heteroatoms. The highest BCUT2D eigenvalue weighted by Gasteiger charge is 2.19. The minimum Gasteiger partial charge on any atom is -0.481 e. The fourth-order valence-electron chi connectivity index (χ4n) is 0.770. The zero-order valence-corrected chi connectivity index (χ0v) is 8.21. The van der Waals surface area contributed by atoms with Gasteiger partial charge in [0.1, 0.15) is 6.33 Å². The van der Waals surface area contributed by atoms with Crippen LogP contribution in [-0.2, 0) is 4.79 Å². The van der Waals surface area contributed by atoms with Crippen molar-refractivity contribution in [1.29, 1.82) is 0 Å². The lowest BCUT2D eigenvalue weighted by atomic mass is 10.1. The van der Waals surface area contributed by atoms with Crippen molar-refractivity contribution >= 4 is 22.6 Å². The van der Waals surface area contributed by atoms with E-state index in [1.807, 2.05) is 0 Å². The molecule has 0 aliphatic heterocycles. The Morgan fingerprint density at radius 3 is 2.85 bits per heavy atom. The summed E-state index contributed by atoms with van der Waals surface area (Å²) in [4.78, 5) is 14.5. The third-order valence-corrected chi connectivity index (χ3v) is 2.45. The van der Waals surface area contributed by atoms with Crippen molar-refractivity contribution in [3.8, 4) is 0 Å². The smallest absolute Gasteiger partial charge is 0.308 e. The second-order valence-corrected chi connectivity index (χ2v) is 3.59. The molecular formula is C7H11N3O2S. The van der Waals surface area contributed by atoms with Crippen molar-refractivity contribution in [3.63, 3.8) is 0 Å². The number of nitrogens with zero attached hydrogens (tertiary/aromatic N) is 2. The van der Waals surface area contributed by atoms with Crippen molar-refractivity contribution < 1.29 is 9.90 Å². The molecule has 0 aromatic carbocycles. The van der Waals surface area contributed by atoms with Gasteiger partial charge in [-0.15, -0.1) is 0 Å². The van der Waals surface area contributed by atoms with Gasteiger partial charge in [-0.05, 0) is 13.8 Å². The Hall–Kier alpha value is -1.17. The van der Waals surface area contributed by atoms with Crippen molar-refractivity contribution in [2.75, 3.05) is 5.32 Å². The van der Waals surface area contributed by atoms with E-state index >= 15 is 0 Å². The fourth-order valence-corrected chi connectivity index (χ4v) is 1.30. The highest BCUT2D eigenvalue weighted by Crippen LogP contribution is 2.12. The van der Waals surface area contributed by atoms with Crippen LogP contribution in [-0.4, -0.2) is 26.5 Å². The molecule has 0 saturated heterocycles. The highest BCUT2D eigenvalue weighted by atomic mass is 32.1. The average molecular weight is 201 g/mol. The molecule has 2 unspecified atom stereocenters. The lowest BCUT2D eigenvalue weighted by molar-refractivity contribution is -0.141. The Morgan fingerprint density at radius 1 is 1.69 bits per heavy atom. The van der Waals surface area contributed by atoms with Crippen LogP contribution in [0.15, 0.2) is 6.33 Å². The van der Waals surface area contributed by atoms with Crippen molar-refractivity contribution in [2.24, 2.45) is 5.92 Å². The molecule has 13 heavy (non-hydrogen) atoms. The number of anilines is 1. The number of hydrogen-bond donors (Lipinski definition) is 2. The largest absolute Gasteiger partial charge is 0.481 e. The van der Waals surface area contributed by atoms with Crippen LogP contribution in [0.4, 0.5) is 5.13 Å². The SMILES string of the molecule is CC(Nc1ncns1)C(C)C(=O)O. The van der Waals surface area contributed by atoms with Crippen LogP contribution in [0, 0.1) is 5.92 Å². The minimum atomic E-state index is -0.815. The van der Waals surface area contributed by atoms with E-state index in [1.165, 1.54) is 17.9 Å². The van der Waals surface area contributed by atoms with Crippen LogP contribution in [0.3, 0.4) is 0 Å². The summed E-state index contributed by atoms with van der Waals surface area (Å²) in [6.45, 7) is 3.46. The maximum atomic E-state index is 10.6. The third-order valence-electron chi connectivity index (χ3n) is 1.85. The molecule has 0 aliphatic rings. The topological polar surface area (TPSA) is 75.1 Å². The maximum Gasteiger partial charge on any atom is 0.308 e. The molecule has 1 aromatic rings. The lowest BCUT2D eigenvalue weighted by Crippen LogP contribution is -2.29. The van der Waals surface area contributed by atoms with Gasteiger partial charge in [0, 0.05) is 17.6 Å². The van der Waals surface area contributed by atoms with Gasteiger partial charge >= 0.3 is 5.97 Å². The Balaban J connectivity index is 2.50. The zero-order valence-electron chi connectivity index (χ0n) is 7.39. The summed E-state index contributed by atoms with van der Waals surface area (Å²) in [6.07, 6.45) is 1.44. The van der Waals surface area contributed by atoms with Crippen molar-refractivity contribution in [1.82, 2.24) is 9.36 Å². The van der Waals surface area contributed by atoms with E-state index in [2.05, 4.69) is 14.7 Å². The summed E-state index contributed by atoms with van der Waals surface area (Å²) in [5.41, 5.74) is 0. The van der Waals surface area contributed by atoms with Gasteiger partial charge in [-0.3, -0.25) is 4.79 Å². The molecule has 1 heterocycles. The quantitative estimate of drug-likeness (QED) is 0.761. The molecule has 1 aromatic heterocycles. The van der Waals surface area contributed by atoms with Crippen LogP contribution in [0.5, 0.6) is 0 Å². The number of hydrogen-bond acceptors (Lipinski definition) is 5. The molecule has 0 spiro atoms. The van der Waals surface area contributed by atoms with Gasteiger partial charge in [0.05, 0.1) is 5.92 Å². The van der Waals surface area contributed by atoms with Gasteiger partial charge in [0.2, 0.25) is 5.13 Å². The monoisotopic (exact) mass is 201 g/mol. The first-order valence-electron chi connectivity index (χ1n) is 3.87. The van der Waals surface area contributed by atoms with Crippen LogP contribution >= 0.6 is 11.5 Å². The van der Waals surface area contributed by atoms with Gasteiger partial charge in [-0.25, -0.2) is 4.98 Å². The second-order valence-electron chi connectivity index (χ2n) is 2.81. The first-order valence-corrected chi connectivity index (χ1v) is 4.64. The van der Waals surface area contributed by atoms with Gasteiger partial charge in [0.25, 0.3) is 0 Å². The summed E-state index contributed by atoms with van der Waals surface area (Å²) in [5, 5.41) is 12.3. The third kappa shape index (κ3) is 2.66. The maximum absolute atomic E-state index is 10.6. The molecule has 2 N–H and O–H groups in total. The van der Waals surface area contributed by atoms with Gasteiger partial charge in [-0.2, -0.15) is 4.37 Å². The number of carbonyl (C=O) groups is 1. The predicted octanol–water partition coefficient (Wildman–Crippen LogP) is 1.06.